The molecule has 1 fully saturated rings. The van der Waals surface area contributed by atoms with E-state index in [1.54, 1.807) is 0 Å². The second-order valence-corrected chi connectivity index (χ2v) is 5.81. The highest BCUT2D eigenvalue weighted by Gasteiger charge is 2.33. The quantitative estimate of drug-likeness (QED) is 0.877. The summed E-state index contributed by atoms with van der Waals surface area (Å²) in [5, 5.41) is 3.79. The molecule has 1 heterocycles. The molecule has 0 bridgehead atoms. The second kappa shape index (κ2) is 5.76. The Labute approximate surface area is 121 Å². The average Bonchev–Trinajstić information content (AvgIpc) is 3.31. The van der Waals surface area contributed by atoms with Gasteiger partial charge in [-0.05, 0) is 55.9 Å². The lowest BCUT2D eigenvalue weighted by Crippen LogP contribution is -2.27. The molecule has 1 saturated carbocycles. The largest absolute Gasteiger partial charge is 0.302 e. The maximum absolute atomic E-state index is 4.47. The third kappa shape index (κ3) is 2.91. The minimum absolute atomic E-state index is 0.279. The first-order chi connectivity index (χ1) is 9.75. The van der Waals surface area contributed by atoms with Crippen LogP contribution in [0.15, 0.2) is 48.7 Å². The van der Waals surface area contributed by atoms with Crippen LogP contribution in [0.2, 0.25) is 0 Å². The van der Waals surface area contributed by atoms with Crippen LogP contribution < -0.4 is 5.32 Å². The van der Waals surface area contributed by atoms with Crippen LogP contribution in [0.1, 0.15) is 48.7 Å². The highest BCUT2D eigenvalue weighted by atomic mass is 15.0. The molecule has 0 aliphatic heterocycles. The Balaban J connectivity index is 1.80. The average molecular weight is 266 g/mol. The van der Waals surface area contributed by atoms with Crippen molar-refractivity contribution in [1.82, 2.24) is 10.3 Å². The van der Waals surface area contributed by atoms with E-state index in [0.29, 0.717) is 6.04 Å². The Bertz CT molecular complexity index is 561. The van der Waals surface area contributed by atoms with Gasteiger partial charge in [-0.2, -0.15) is 0 Å². The summed E-state index contributed by atoms with van der Waals surface area (Å²) >= 11 is 0. The third-order valence-electron chi connectivity index (χ3n) is 4.18. The van der Waals surface area contributed by atoms with E-state index in [2.05, 4.69) is 60.5 Å². The highest BCUT2D eigenvalue weighted by molar-refractivity contribution is 5.30. The number of nitrogens with one attached hydrogen (secondary N) is 1. The molecular formula is C18H22N2. The van der Waals surface area contributed by atoms with Crippen LogP contribution in [-0.2, 0) is 0 Å². The molecule has 0 amide bonds. The minimum Gasteiger partial charge on any atom is -0.302 e. The van der Waals surface area contributed by atoms with Crippen molar-refractivity contribution in [3.8, 4) is 0 Å². The molecule has 0 radical (unpaired) electrons. The molecule has 2 aromatic rings. The maximum Gasteiger partial charge on any atom is 0.0570 e. The topological polar surface area (TPSA) is 24.9 Å². The normalized spacial score (nSPS) is 17.7. The Morgan fingerprint density at radius 2 is 1.85 bits per heavy atom. The zero-order valence-electron chi connectivity index (χ0n) is 12.2. The number of rotatable bonds is 5. The van der Waals surface area contributed by atoms with Crippen molar-refractivity contribution in [3.63, 3.8) is 0 Å². The predicted octanol–water partition coefficient (Wildman–Crippen LogP) is 4.19. The van der Waals surface area contributed by atoms with Gasteiger partial charge in [0.1, 0.15) is 0 Å². The third-order valence-corrected chi connectivity index (χ3v) is 4.18. The van der Waals surface area contributed by atoms with E-state index in [9.17, 15) is 0 Å². The van der Waals surface area contributed by atoms with Crippen molar-refractivity contribution < 1.29 is 0 Å². The van der Waals surface area contributed by atoms with E-state index in [1.807, 2.05) is 12.3 Å². The number of pyridine rings is 1. The molecule has 104 valence electrons. The lowest BCUT2D eigenvalue weighted by Gasteiger charge is -2.25. The standard InChI is InChI=1S/C18H22N2/c1-13-7-3-4-8-16(13)18(15-10-11-15)20-14(2)17-9-5-6-12-19-17/h3-9,12,14-15,18,20H,10-11H2,1-2H3. The van der Waals surface area contributed by atoms with Crippen molar-refractivity contribution in [2.75, 3.05) is 0 Å². The van der Waals surface area contributed by atoms with E-state index in [0.717, 1.165) is 11.6 Å². The summed E-state index contributed by atoms with van der Waals surface area (Å²) < 4.78 is 0. The van der Waals surface area contributed by atoms with Crippen LogP contribution in [-0.4, -0.2) is 4.98 Å². The van der Waals surface area contributed by atoms with E-state index in [-0.39, 0.29) is 6.04 Å². The van der Waals surface area contributed by atoms with Crippen LogP contribution in [0, 0.1) is 12.8 Å². The van der Waals surface area contributed by atoms with E-state index in [4.69, 9.17) is 0 Å². The molecule has 2 nitrogen and oxygen atoms in total. The van der Waals surface area contributed by atoms with E-state index < -0.39 is 0 Å². The first-order valence-electron chi connectivity index (χ1n) is 7.48. The monoisotopic (exact) mass is 266 g/mol. The van der Waals surface area contributed by atoms with Gasteiger partial charge in [-0.15, -0.1) is 0 Å². The fourth-order valence-corrected chi connectivity index (χ4v) is 2.83. The molecule has 0 saturated heterocycles. The SMILES string of the molecule is Cc1ccccc1C(NC(C)c1ccccn1)C1CC1. The molecule has 3 rings (SSSR count). The summed E-state index contributed by atoms with van der Waals surface area (Å²) in [7, 11) is 0. The minimum atomic E-state index is 0.279. The molecule has 1 aromatic carbocycles. The highest BCUT2D eigenvalue weighted by Crippen LogP contribution is 2.42. The molecule has 2 heteroatoms. The van der Waals surface area contributed by atoms with Gasteiger partial charge in [0.2, 0.25) is 0 Å². The molecule has 1 aliphatic rings. The molecule has 0 spiro atoms. The number of nitrogens with zero attached hydrogens (tertiary/aromatic N) is 1. The summed E-state index contributed by atoms with van der Waals surface area (Å²) in [5.41, 5.74) is 3.94. The zero-order chi connectivity index (χ0) is 13.9. The fourth-order valence-electron chi connectivity index (χ4n) is 2.83. The second-order valence-electron chi connectivity index (χ2n) is 5.81. The lowest BCUT2D eigenvalue weighted by atomic mass is 9.96. The van der Waals surface area contributed by atoms with Crippen LogP contribution in [0.3, 0.4) is 0 Å². The van der Waals surface area contributed by atoms with Gasteiger partial charge in [-0.1, -0.05) is 30.3 Å². The lowest BCUT2D eigenvalue weighted by molar-refractivity contribution is 0.421. The number of aromatic nitrogens is 1. The van der Waals surface area contributed by atoms with Gasteiger partial charge in [0.25, 0.3) is 0 Å². The van der Waals surface area contributed by atoms with Gasteiger partial charge in [0, 0.05) is 18.3 Å². The summed E-state index contributed by atoms with van der Waals surface area (Å²) in [4.78, 5) is 4.47. The van der Waals surface area contributed by atoms with E-state index in [1.165, 1.54) is 24.0 Å². The van der Waals surface area contributed by atoms with Gasteiger partial charge < -0.3 is 5.32 Å². The van der Waals surface area contributed by atoms with Crippen LogP contribution in [0.4, 0.5) is 0 Å². The number of hydrogen-bond donors (Lipinski definition) is 1. The van der Waals surface area contributed by atoms with Crippen molar-refractivity contribution >= 4 is 0 Å². The van der Waals surface area contributed by atoms with Crippen LogP contribution in [0.25, 0.3) is 0 Å². The Hall–Kier alpha value is -1.67. The Kier molecular flexibility index (Phi) is 3.83. The summed E-state index contributed by atoms with van der Waals surface area (Å²) in [5.74, 6) is 0.780. The van der Waals surface area contributed by atoms with Gasteiger partial charge in [-0.25, -0.2) is 0 Å². The first kappa shape index (κ1) is 13.3. The fraction of sp³-hybridized carbons (Fsp3) is 0.389. The number of benzene rings is 1. The van der Waals surface area contributed by atoms with Crippen molar-refractivity contribution in [2.24, 2.45) is 5.92 Å². The van der Waals surface area contributed by atoms with Crippen LogP contribution in [0.5, 0.6) is 0 Å². The van der Waals surface area contributed by atoms with E-state index >= 15 is 0 Å². The van der Waals surface area contributed by atoms with Gasteiger partial charge in [0.15, 0.2) is 0 Å². The maximum atomic E-state index is 4.47. The summed E-state index contributed by atoms with van der Waals surface area (Å²) in [6.07, 6.45) is 4.54. The van der Waals surface area contributed by atoms with Gasteiger partial charge >= 0.3 is 0 Å². The van der Waals surface area contributed by atoms with Crippen LogP contribution >= 0.6 is 0 Å². The van der Waals surface area contributed by atoms with Gasteiger partial charge in [-0.3, -0.25) is 4.98 Å². The summed E-state index contributed by atoms with van der Waals surface area (Å²) in [6, 6.07) is 15.6. The molecule has 1 N–H and O–H groups in total. The van der Waals surface area contributed by atoms with Crippen molar-refractivity contribution in [2.45, 2.75) is 38.8 Å². The number of aryl methyl sites for hydroxylation is 1. The molecule has 20 heavy (non-hydrogen) atoms. The first-order valence-corrected chi connectivity index (χ1v) is 7.48. The molecule has 2 atom stereocenters. The Morgan fingerprint density at radius 3 is 2.50 bits per heavy atom. The smallest absolute Gasteiger partial charge is 0.0570 e. The zero-order valence-corrected chi connectivity index (χ0v) is 12.2. The Morgan fingerprint density at radius 1 is 1.10 bits per heavy atom. The van der Waals surface area contributed by atoms with Crippen molar-refractivity contribution in [1.29, 1.82) is 0 Å². The van der Waals surface area contributed by atoms with Gasteiger partial charge in [0.05, 0.1) is 5.69 Å². The molecule has 1 aliphatic carbocycles. The van der Waals surface area contributed by atoms with Crippen molar-refractivity contribution in [3.05, 3.63) is 65.5 Å². The molecular weight excluding hydrogens is 244 g/mol. The molecule has 2 unspecified atom stereocenters. The molecule has 1 aromatic heterocycles. The summed E-state index contributed by atoms with van der Waals surface area (Å²) in [6.45, 7) is 4.41. The number of hydrogen-bond acceptors (Lipinski definition) is 2. The predicted molar refractivity (Wildman–Crippen MR) is 82.4 cm³/mol.